The van der Waals surface area contributed by atoms with Crippen LogP contribution in [0.25, 0.3) is 0 Å². The van der Waals surface area contributed by atoms with Crippen LogP contribution in [0, 0.1) is 11.8 Å². The highest BCUT2D eigenvalue weighted by molar-refractivity contribution is 5.69. The number of unbranched alkanes of at least 4 members (excludes halogenated alkanes) is 8. The molecule has 0 rings (SSSR count). The van der Waals surface area contributed by atoms with Crippen LogP contribution in [0.2, 0.25) is 0 Å². The molecule has 0 saturated heterocycles. The first kappa shape index (κ1) is 27.9. The van der Waals surface area contributed by atoms with E-state index in [9.17, 15) is 9.59 Å². The number of ether oxygens (including phenoxy) is 2. The van der Waals surface area contributed by atoms with Crippen LogP contribution in [-0.2, 0) is 19.1 Å². The van der Waals surface area contributed by atoms with Crippen LogP contribution >= 0.6 is 0 Å². The Labute approximate surface area is 180 Å². The summed E-state index contributed by atoms with van der Waals surface area (Å²) < 4.78 is 10.6. The first-order chi connectivity index (χ1) is 14.0. The Morgan fingerprint density at radius 3 is 1.69 bits per heavy atom. The van der Waals surface area contributed by atoms with Gasteiger partial charge in [-0.3, -0.25) is 9.59 Å². The average Bonchev–Trinajstić information content (AvgIpc) is 2.69. The van der Waals surface area contributed by atoms with Crippen molar-refractivity contribution in [3.8, 4) is 0 Å². The van der Waals surface area contributed by atoms with Gasteiger partial charge in [0, 0.05) is 12.8 Å². The van der Waals surface area contributed by atoms with Gasteiger partial charge in [-0.2, -0.15) is 0 Å². The maximum Gasteiger partial charge on any atom is 0.305 e. The summed E-state index contributed by atoms with van der Waals surface area (Å²) in [7, 11) is 0. The van der Waals surface area contributed by atoms with E-state index in [-0.39, 0.29) is 11.9 Å². The molecule has 29 heavy (non-hydrogen) atoms. The summed E-state index contributed by atoms with van der Waals surface area (Å²) in [6, 6.07) is 0. The summed E-state index contributed by atoms with van der Waals surface area (Å²) in [6.07, 6.45) is 15.4. The number of carbonyl (C=O) groups is 2. The predicted octanol–water partition coefficient (Wildman–Crippen LogP) is 7.24. The van der Waals surface area contributed by atoms with Gasteiger partial charge in [-0.15, -0.1) is 0 Å². The summed E-state index contributed by atoms with van der Waals surface area (Å²) in [4.78, 5) is 23.5. The van der Waals surface area contributed by atoms with E-state index >= 15 is 0 Å². The van der Waals surface area contributed by atoms with E-state index < -0.39 is 0 Å². The van der Waals surface area contributed by atoms with Gasteiger partial charge >= 0.3 is 11.9 Å². The highest BCUT2D eigenvalue weighted by Gasteiger charge is 2.15. The molecule has 0 spiro atoms. The Morgan fingerprint density at radius 2 is 1.14 bits per heavy atom. The Balaban J connectivity index is 3.69. The standard InChI is InChI=1S/C25H48O4/c1-5-7-14-20-28-24(26)17-13-11-9-10-12-16-23(22(3)4)18-19-25(27)29-21-15-8-6-2/h22-23H,5-21H2,1-4H3. The van der Waals surface area contributed by atoms with Gasteiger partial charge in [-0.05, 0) is 37.5 Å². The molecule has 0 aliphatic rings. The van der Waals surface area contributed by atoms with Gasteiger partial charge in [0.2, 0.25) is 0 Å². The largest absolute Gasteiger partial charge is 0.466 e. The fraction of sp³-hybridized carbons (Fsp3) is 0.920. The summed E-state index contributed by atoms with van der Waals surface area (Å²) in [5.41, 5.74) is 0. The Bertz CT molecular complexity index is 392. The van der Waals surface area contributed by atoms with E-state index in [1.54, 1.807) is 0 Å². The van der Waals surface area contributed by atoms with E-state index in [2.05, 4.69) is 27.7 Å². The molecule has 0 saturated carbocycles. The first-order valence-electron chi connectivity index (χ1n) is 12.3. The topological polar surface area (TPSA) is 52.6 Å². The zero-order valence-electron chi connectivity index (χ0n) is 19.8. The molecule has 0 fully saturated rings. The molecule has 0 N–H and O–H groups in total. The quantitative estimate of drug-likeness (QED) is 0.156. The van der Waals surface area contributed by atoms with E-state index in [0.29, 0.717) is 37.9 Å². The molecular weight excluding hydrogens is 364 g/mol. The van der Waals surface area contributed by atoms with Gasteiger partial charge in [0.15, 0.2) is 0 Å². The maximum absolute atomic E-state index is 11.9. The highest BCUT2D eigenvalue weighted by Crippen LogP contribution is 2.24. The second-order valence-electron chi connectivity index (χ2n) is 8.70. The van der Waals surface area contributed by atoms with Crippen LogP contribution in [0.1, 0.15) is 124 Å². The Hall–Kier alpha value is -1.06. The number of hydrogen-bond donors (Lipinski definition) is 0. The van der Waals surface area contributed by atoms with Crippen LogP contribution in [0.4, 0.5) is 0 Å². The van der Waals surface area contributed by atoms with Gasteiger partial charge < -0.3 is 9.47 Å². The zero-order chi connectivity index (χ0) is 21.7. The van der Waals surface area contributed by atoms with Crippen LogP contribution in [0.15, 0.2) is 0 Å². The minimum Gasteiger partial charge on any atom is -0.466 e. The molecule has 4 nitrogen and oxygen atoms in total. The Morgan fingerprint density at radius 1 is 0.621 bits per heavy atom. The zero-order valence-corrected chi connectivity index (χ0v) is 19.8. The SMILES string of the molecule is CCCCCOC(=O)CCCCCCCC(CCC(=O)OCCCCC)C(C)C. The van der Waals surface area contributed by atoms with E-state index in [1.165, 1.54) is 25.7 Å². The van der Waals surface area contributed by atoms with Crippen LogP contribution in [-0.4, -0.2) is 25.2 Å². The molecule has 0 aromatic heterocycles. The lowest BCUT2D eigenvalue weighted by Crippen LogP contribution is -2.13. The highest BCUT2D eigenvalue weighted by atomic mass is 16.5. The van der Waals surface area contributed by atoms with E-state index in [4.69, 9.17) is 9.47 Å². The molecule has 0 aromatic carbocycles. The molecule has 1 unspecified atom stereocenters. The normalized spacial score (nSPS) is 12.2. The van der Waals surface area contributed by atoms with Crippen molar-refractivity contribution in [2.24, 2.45) is 11.8 Å². The van der Waals surface area contributed by atoms with Gasteiger partial charge in [-0.1, -0.05) is 85.5 Å². The lowest BCUT2D eigenvalue weighted by molar-refractivity contribution is -0.145. The second kappa shape index (κ2) is 20.2. The third kappa shape index (κ3) is 18.7. The van der Waals surface area contributed by atoms with Gasteiger partial charge in [0.05, 0.1) is 13.2 Å². The number of esters is 2. The minimum absolute atomic E-state index is 0.0340. The molecule has 0 heterocycles. The summed E-state index contributed by atoms with van der Waals surface area (Å²) in [5, 5.41) is 0. The van der Waals surface area contributed by atoms with Crippen molar-refractivity contribution >= 4 is 11.9 Å². The first-order valence-corrected chi connectivity index (χ1v) is 12.3. The third-order valence-corrected chi connectivity index (χ3v) is 5.64. The van der Waals surface area contributed by atoms with Crippen LogP contribution in [0.5, 0.6) is 0 Å². The second-order valence-corrected chi connectivity index (χ2v) is 8.70. The van der Waals surface area contributed by atoms with Crippen molar-refractivity contribution in [1.29, 1.82) is 0 Å². The van der Waals surface area contributed by atoms with Crippen LogP contribution in [0.3, 0.4) is 0 Å². The van der Waals surface area contributed by atoms with Crippen molar-refractivity contribution in [2.45, 2.75) is 124 Å². The summed E-state index contributed by atoms with van der Waals surface area (Å²) in [5.74, 6) is 1.12. The van der Waals surface area contributed by atoms with Gasteiger partial charge in [0.1, 0.15) is 0 Å². The summed E-state index contributed by atoms with van der Waals surface area (Å²) >= 11 is 0. The van der Waals surface area contributed by atoms with Crippen molar-refractivity contribution in [2.75, 3.05) is 13.2 Å². The minimum atomic E-state index is -0.0393. The van der Waals surface area contributed by atoms with Crippen molar-refractivity contribution in [3.05, 3.63) is 0 Å². The fourth-order valence-electron chi connectivity index (χ4n) is 3.54. The molecule has 1 atom stereocenters. The molecule has 4 heteroatoms. The molecule has 0 radical (unpaired) electrons. The monoisotopic (exact) mass is 412 g/mol. The predicted molar refractivity (Wildman–Crippen MR) is 121 cm³/mol. The van der Waals surface area contributed by atoms with Crippen molar-refractivity contribution in [3.63, 3.8) is 0 Å². The lowest BCUT2D eigenvalue weighted by Gasteiger charge is -2.20. The molecular formula is C25H48O4. The Kier molecular flexibility index (Phi) is 19.5. The summed E-state index contributed by atoms with van der Waals surface area (Å²) in [6.45, 7) is 9.96. The van der Waals surface area contributed by atoms with Crippen molar-refractivity contribution in [1.82, 2.24) is 0 Å². The molecule has 0 aliphatic carbocycles. The number of rotatable bonds is 20. The molecule has 0 amide bonds. The van der Waals surface area contributed by atoms with Crippen molar-refractivity contribution < 1.29 is 19.1 Å². The number of hydrogen-bond acceptors (Lipinski definition) is 4. The van der Waals surface area contributed by atoms with Gasteiger partial charge in [-0.25, -0.2) is 0 Å². The fourth-order valence-corrected chi connectivity index (χ4v) is 3.54. The smallest absolute Gasteiger partial charge is 0.305 e. The third-order valence-electron chi connectivity index (χ3n) is 5.64. The molecule has 0 aliphatic heterocycles. The lowest BCUT2D eigenvalue weighted by atomic mass is 9.86. The van der Waals surface area contributed by atoms with Crippen LogP contribution < -0.4 is 0 Å². The molecule has 0 bridgehead atoms. The van der Waals surface area contributed by atoms with Gasteiger partial charge in [0.25, 0.3) is 0 Å². The van der Waals surface area contributed by atoms with E-state index in [1.807, 2.05) is 0 Å². The molecule has 0 aromatic rings. The number of carbonyl (C=O) groups excluding carboxylic acids is 2. The average molecular weight is 413 g/mol. The van der Waals surface area contributed by atoms with E-state index in [0.717, 1.165) is 57.8 Å². The molecule has 172 valence electrons. The maximum atomic E-state index is 11.9.